The molecule has 0 bridgehead atoms. The third kappa shape index (κ3) is 4.09. The van der Waals surface area contributed by atoms with E-state index in [1.165, 1.54) is 23.7 Å². The van der Waals surface area contributed by atoms with Gasteiger partial charge >= 0.3 is 5.97 Å². The minimum absolute atomic E-state index is 0.0214. The van der Waals surface area contributed by atoms with Gasteiger partial charge in [-0.1, -0.05) is 41.7 Å². The van der Waals surface area contributed by atoms with Crippen molar-refractivity contribution in [3.63, 3.8) is 0 Å². The minimum Gasteiger partial charge on any atom is -0.264 e. The fourth-order valence-electron chi connectivity index (χ4n) is 2.70. The van der Waals surface area contributed by atoms with E-state index in [0.717, 1.165) is 0 Å². The van der Waals surface area contributed by atoms with Crippen LogP contribution in [-0.4, -0.2) is 15.7 Å². The van der Waals surface area contributed by atoms with Crippen molar-refractivity contribution in [3.8, 4) is 22.8 Å². The molecule has 0 unspecified atom stereocenters. The Morgan fingerprint density at radius 3 is 2.43 bits per heavy atom. The Morgan fingerprint density at radius 1 is 1.14 bits per heavy atom. The van der Waals surface area contributed by atoms with E-state index in [9.17, 15) is 9.18 Å². The molecule has 0 fully saturated rings. The monoisotopic (exact) mass is 442 g/mol. The van der Waals surface area contributed by atoms with Gasteiger partial charge in [0.05, 0.1) is 16.4 Å². The molecule has 28 heavy (non-hydrogen) atoms. The number of carbonyl (C=O) groups excluding carboxylic acids is 1. The lowest BCUT2D eigenvalue weighted by molar-refractivity contribution is -0.212. The molecule has 0 spiro atoms. The summed E-state index contributed by atoms with van der Waals surface area (Å²) in [5.41, 5.74) is 1.59. The molecule has 2 aromatic carbocycles. The largest absolute Gasteiger partial charge is 0.352 e. The van der Waals surface area contributed by atoms with Crippen molar-refractivity contribution < 1.29 is 19.0 Å². The zero-order valence-electron chi connectivity index (χ0n) is 14.8. The van der Waals surface area contributed by atoms with E-state index < -0.39 is 11.8 Å². The van der Waals surface area contributed by atoms with Crippen LogP contribution in [0.3, 0.4) is 0 Å². The molecule has 0 N–H and O–H groups in total. The van der Waals surface area contributed by atoms with Crippen molar-refractivity contribution in [3.05, 3.63) is 62.8 Å². The summed E-state index contributed by atoms with van der Waals surface area (Å²) < 4.78 is 16.1. The average Bonchev–Trinajstić information content (AvgIpc) is 2.98. The molecule has 0 aliphatic heterocycles. The summed E-state index contributed by atoms with van der Waals surface area (Å²) in [4.78, 5) is 20.8. The molecular weight excluding hydrogens is 430 g/mol. The van der Waals surface area contributed by atoms with Crippen LogP contribution in [0.15, 0.2) is 36.4 Å². The molecule has 0 radical (unpaired) electrons. The Labute approximate surface area is 175 Å². The summed E-state index contributed by atoms with van der Waals surface area (Å²) >= 11 is 18.2. The first-order chi connectivity index (χ1) is 13.3. The number of halogens is 4. The van der Waals surface area contributed by atoms with Crippen molar-refractivity contribution in [2.24, 2.45) is 0 Å². The number of benzene rings is 2. The molecule has 1 heterocycles. The molecule has 9 heteroatoms. The molecule has 3 rings (SSSR count). The number of hydrogen-bond acceptors (Lipinski definition) is 4. The van der Waals surface area contributed by atoms with Crippen molar-refractivity contribution in [2.45, 2.75) is 20.3 Å². The quantitative estimate of drug-likeness (QED) is 0.355. The molecule has 0 aliphatic rings. The molecule has 5 nitrogen and oxygen atoms in total. The van der Waals surface area contributed by atoms with Crippen molar-refractivity contribution in [2.75, 3.05) is 0 Å². The summed E-state index contributed by atoms with van der Waals surface area (Å²) in [6.45, 7) is 3.03. The van der Waals surface area contributed by atoms with Gasteiger partial charge in [0.1, 0.15) is 5.82 Å². The molecule has 0 amide bonds. The van der Waals surface area contributed by atoms with Gasteiger partial charge < -0.3 is 0 Å². The molecule has 146 valence electrons. The van der Waals surface area contributed by atoms with Crippen LogP contribution in [-0.2, 0) is 16.1 Å². The predicted molar refractivity (Wildman–Crippen MR) is 106 cm³/mol. The maximum absolute atomic E-state index is 14.7. The van der Waals surface area contributed by atoms with Crippen molar-refractivity contribution >= 4 is 40.8 Å². The number of carbonyl (C=O) groups is 1. The normalized spacial score (nSPS) is 10.8. The average molecular weight is 444 g/mol. The van der Waals surface area contributed by atoms with Gasteiger partial charge in [-0.25, -0.2) is 18.8 Å². The van der Waals surface area contributed by atoms with Gasteiger partial charge in [0.25, 0.3) is 5.88 Å². The lowest BCUT2D eigenvalue weighted by atomic mass is 10.0. The van der Waals surface area contributed by atoms with Gasteiger partial charge in [-0.15, -0.1) is 5.10 Å². The summed E-state index contributed by atoms with van der Waals surface area (Å²) in [5, 5.41) is 5.34. The van der Waals surface area contributed by atoms with E-state index in [0.29, 0.717) is 33.4 Å². The Hall–Kier alpha value is -2.28. The first-order valence-corrected chi connectivity index (χ1v) is 9.33. The third-order valence-electron chi connectivity index (χ3n) is 3.86. The SMILES string of the molecule is CCc1c(OOC(C)=O)nn(-c2ccc(Cl)cc2Cl)c1-c1ccc(Cl)cc1F. The smallest absolute Gasteiger partial charge is 0.264 e. The summed E-state index contributed by atoms with van der Waals surface area (Å²) in [5.74, 6) is -1.18. The zero-order valence-corrected chi connectivity index (χ0v) is 17.1. The van der Waals surface area contributed by atoms with Gasteiger partial charge in [-0.2, -0.15) is 0 Å². The molecule has 0 aliphatic carbocycles. The van der Waals surface area contributed by atoms with Gasteiger partial charge in [-0.05, 0) is 42.8 Å². The van der Waals surface area contributed by atoms with Crippen LogP contribution in [0.1, 0.15) is 19.4 Å². The van der Waals surface area contributed by atoms with Gasteiger partial charge in [0.2, 0.25) is 0 Å². The van der Waals surface area contributed by atoms with Crippen LogP contribution in [0.4, 0.5) is 4.39 Å². The van der Waals surface area contributed by atoms with Crippen LogP contribution >= 0.6 is 34.8 Å². The zero-order chi connectivity index (χ0) is 20.4. The Kier molecular flexibility index (Phi) is 6.13. The molecule has 3 aromatic rings. The standard InChI is InChI=1S/C19H14Cl3FN2O3/c1-3-13-18(14-6-4-12(21)9-16(14)23)25(24-19(13)28-27-10(2)26)17-7-5-11(20)8-15(17)22/h4-9H,3H2,1-2H3. The second-order valence-corrected chi connectivity index (χ2v) is 7.06. The van der Waals surface area contributed by atoms with Crippen molar-refractivity contribution in [1.29, 1.82) is 0 Å². The summed E-state index contributed by atoms with van der Waals surface area (Å²) in [6.07, 6.45) is 0.416. The highest BCUT2D eigenvalue weighted by molar-refractivity contribution is 6.35. The lowest BCUT2D eigenvalue weighted by Crippen LogP contribution is -2.05. The topological polar surface area (TPSA) is 53.4 Å². The molecule has 0 atom stereocenters. The number of hydrogen-bond donors (Lipinski definition) is 0. The fourth-order valence-corrected chi connectivity index (χ4v) is 3.35. The maximum atomic E-state index is 14.7. The van der Waals surface area contributed by atoms with Crippen LogP contribution < -0.4 is 4.89 Å². The first-order valence-electron chi connectivity index (χ1n) is 8.19. The van der Waals surface area contributed by atoms with Crippen molar-refractivity contribution in [1.82, 2.24) is 9.78 Å². The highest BCUT2D eigenvalue weighted by atomic mass is 35.5. The third-order valence-corrected chi connectivity index (χ3v) is 4.64. The molecular formula is C19H14Cl3FN2O3. The second-order valence-electron chi connectivity index (χ2n) is 5.78. The fraction of sp³-hybridized carbons (Fsp3) is 0.158. The van der Waals surface area contributed by atoms with Crippen LogP contribution in [0.2, 0.25) is 15.1 Å². The van der Waals surface area contributed by atoms with Gasteiger partial charge in [0.15, 0.2) is 0 Å². The van der Waals surface area contributed by atoms with E-state index in [2.05, 4.69) is 9.99 Å². The summed E-state index contributed by atoms with van der Waals surface area (Å²) in [7, 11) is 0. The molecule has 1 aromatic heterocycles. The van der Waals surface area contributed by atoms with Crippen LogP contribution in [0.5, 0.6) is 5.88 Å². The van der Waals surface area contributed by atoms with E-state index in [1.807, 2.05) is 6.92 Å². The first kappa shape index (κ1) is 20.5. The Balaban J connectivity index is 2.28. The predicted octanol–water partition coefficient (Wildman–Crippen LogP) is 6.06. The molecule has 0 saturated carbocycles. The minimum atomic E-state index is -0.652. The molecule has 0 saturated heterocycles. The van der Waals surface area contributed by atoms with E-state index in [-0.39, 0.29) is 16.5 Å². The van der Waals surface area contributed by atoms with Crippen LogP contribution in [0.25, 0.3) is 16.9 Å². The Morgan fingerprint density at radius 2 is 1.82 bits per heavy atom. The number of nitrogens with zero attached hydrogens (tertiary/aromatic N) is 2. The Bertz CT molecular complexity index is 1050. The van der Waals surface area contributed by atoms with E-state index in [1.54, 1.807) is 24.3 Å². The summed E-state index contributed by atoms with van der Waals surface area (Å²) in [6, 6.07) is 9.11. The van der Waals surface area contributed by atoms with E-state index >= 15 is 0 Å². The lowest BCUT2D eigenvalue weighted by Gasteiger charge is -2.12. The highest BCUT2D eigenvalue weighted by Gasteiger charge is 2.25. The van der Waals surface area contributed by atoms with E-state index in [4.69, 9.17) is 39.7 Å². The second kappa shape index (κ2) is 8.39. The highest BCUT2D eigenvalue weighted by Crippen LogP contribution is 2.37. The van der Waals surface area contributed by atoms with Gasteiger partial charge in [0, 0.05) is 28.1 Å². The van der Waals surface area contributed by atoms with Crippen LogP contribution in [0, 0.1) is 5.82 Å². The number of aromatic nitrogens is 2. The number of rotatable bonds is 5. The maximum Gasteiger partial charge on any atom is 0.352 e. The van der Waals surface area contributed by atoms with Gasteiger partial charge in [-0.3, -0.25) is 4.89 Å².